The minimum absolute atomic E-state index is 0.00409. The molecule has 0 radical (unpaired) electrons. The van der Waals surface area contributed by atoms with E-state index in [0.717, 1.165) is 58.2 Å². The van der Waals surface area contributed by atoms with Crippen molar-refractivity contribution in [3.63, 3.8) is 0 Å². The molecule has 1 aliphatic carbocycles. The van der Waals surface area contributed by atoms with Crippen LogP contribution in [0.25, 0.3) is 10.4 Å². The molecule has 0 unspecified atom stereocenters. The number of carbonyl (C=O) groups is 2. The SMILES string of the molecule is O=C(NC1CC1)c1cc2c(s1)-c1ccccc1N(C(=O)c1cccc(N3CCOCC3)c1)CC2. The van der Waals surface area contributed by atoms with Crippen molar-refractivity contribution in [1.29, 1.82) is 0 Å². The van der Waals surface area contributed by atoms with Crippen LogP contribution in [0.4, 0.5) is 11.4 Å². The highest BCUT2D eigenvalue weighted by Crippen LogP contribution is 2.42. The number of amides is 2. The molecule has 0 bridgehead atoms. The molecule has 2 aliphatic heterocycles. The topological polar surface area (TPSA) is 61.9 Å². The summed E-state index contributed by atoms with van der Waals surface area (Å²) < 4.78 is 5.47. The van der Waals surface area contributed by atoms with Gasteiger partial charge < -0.3 is 19.9 Å². The number of anilines is 2. The monoisotopic (exact) mass is 473 g/mol. The number of ether oxygens (including phenoxy) is 1. The summed E-state index contributed by atoms with van der Waals surface area (Å²) in [5, 5.41) is 3.09. The van der Waals surface area contributed by atoms with E-state index >= 15 is 0 Å². The zero-order chi connectivity index (χ0) is 23.1. The molecule has 174 valence electrons. The van der Waals surface area contributed by atoms with E-state index in [-0.39, 0.29) is 11.8 Å². The maximum Gasteiger partial charge on any atom is 0.261 e. The molecule has 2 fully saturated rings. The van der Waals surface area contributed by atoms with Crippen molar-refractivity contribution in [2.75, 3.05) is 42.6 Å². The highest BCUT2D eigenvalue weighted by molar-refractivity contribution is 7.17. The lowest BCUT2D eigenvalue weighted by atomic mass is 10.1. The molecule has 3 aromatic rings. The number of hydrogen-bond acceptors (Lipinski definition) is 5. The summed E-state index contributed by atoms with van der Waals surface area (Å²) >= 11 is 1.53. The Morgan fingerprint density at radius 2 is 1.79 bits per heavy atom. The Morgan fingerprint density at radius 1 is 0.971 bits per heavy atom. The Balaban J connectivity index is 1.31. The van der Waals surface area contributed by atoms with Crippen molar-refractivity contribution < 1.29 is 14.3 Å². The van der Waals surface area contributed by atoms with E-state index in [1.807, 2.05) is 47.4 Å². The minimum Gasteiger partial charge on any atom is -0.378 e. The molecule has 1 aromatic heterocycles. The van der Waals surface area contributed by atoms with Gasteiger partial charge in [0.1, 0.15) is 0 Å². The standard InChI is InChI=1S/C27H27N3O3S/c31-26(28-20-8-9-20)24-17-18-10-11-30(23-7-2-1-6-22(23)25(18)34-24)27(32)19-4-3-5-21(16-19)29-12-14-33-15-13-29/h1-7,16-17,20H,8-15H2,(H,28,31). The molecule has 7 heteroatoms. The Hall–Kier alpha value is -3.16. The molecule has 2 aromatic carbocycles. The molecular weight excluding hydrogens is 446 g/mol. The van der Waals surface area contributed by atoms with Crippen LogP contribution in [0.5, 0.6) is 0 Å². The van der Waals surface area contributed by atoms with E-state index in [4.69, 9.17) is 4.74 Å². The molecule has 1 N–H and O–H groups in total. The Kier molecular flexibility index (Phi) is 5.59. The highest BCUT2D eigenvalue weighted by atomic mass is 32.1. The van der Waals surface area contributed by atoms with E-state index in [1.54, 1.807) is 0 Å². The van der Waals surface area contributed by atoms with Crippen molar-refractivity contribution in [3.05, 3.63) is 70.6 Å². The Bertz CT molecular complexity index is 1240. The van der Waals surface area contributed by atoms with Crippen molar-refractivity contribution in [3.8, 4) is 10.4 Å². The third-order valence-electron chi connectivity index (χ3n) is 6.70. The van der Waals surface area contributed by atoms with Gasteiger partial charge in [0, 0.05) is 47.4 Å². The van der Waals surface area contributed by atoms with Crippen molar-refractivity contribution in [1.82, 2.24) is 5.32 Å². The van der Waals surface area contributed by atoms with Gasteiger partial charge in [-0.2, -0.15) is 0 Å². The average Bonchev–Trinajstić information content (AvgIpc) is 3.63. The summed E-state index contributed by atoms with van der Waals surface area (Å²) in [5.41, 5.74) is 4.80. The fraction of sp³-hybridized carbons (Fsp3) is 0.333. The zero-order valence-corrected chi connectivity index (χ0v) is 19.8. The first-order valence-corrected chi connectivity index (χ1v) is 12.8. The van der Waals surface area contributed by atoms with Crippen LogP contribution >= 0.6 is 11.3 Å². The third kappa shape index (κ3) is 4.10. The molecule has 2 amide bonds. The second-order valence-corrected chi connectivity index (χ2v) is 10.1. The Labute approximate surface area is 203 Å². The van der Waals surface area contributed by atoms with Gasteiger partial charge in [-0.3, -0.25) is 9.59 Å². The molecule has 1 saturated carbocycles. The van der Waals surface area contributed by atoms with Gasteiger partial charge in [-0.15, -0.1) is 11.3 Å². The first kappa shape index (κ1) is 21.4. The van der Waals surface area contributed by atoms with E-state index in [9.17, 15) is 9.59 Å². The molecular formula is C27H27N3O3S. The summed E-state index contributed by atoms with van der Waals surface area (Å²) in [5.74, 6) is 0.0235. The van der Waals surface area contributed by atoms with Crippen molar-refractivity contribution in [2.24, 2.45) is 0 Å². The van der Waals surface area contributed by atoms with Crippen LogP contribution in [0, 0.1) is 0 Å². The molecule has 6 nitrogen and oxygen atoms in total. The van der Waals surface area contributed by atoms with E-state index in [1.165, 1.54) is 11.3 Å². The van der Waals surface area contributed by atoms with Crippen LogP contribution in [0.3, 0.4) is 0 Å². The Morgan fingerprint density at radius 3 is 2.62 bits per heavy atom. The van der Waals surface area contributed by atoms with Gasteiger partial charge in [0.05, 0.1) is 23.8 Å². The predicted molar refractivity (Wildman–Crippen MR) is 135 cm³/mol. The maximum atomic E-state index is 13.7. The maximum absolute atomic E-state index is 13.7. The summed E-state index contributed by atoms with van der Waals surface area (Å²) in [4.78, 5) is 32.4. The number of hydrogen-bond donors (Lipinski definition) is 1. The van der Waals surface area contributed by atoms with E-state index < -0.39 is 0 Å². The number of carbonyl (C=O) groups excluding carboxylic acids is 2. The smallest absolute Gasteiger partial charge is 0.261 e. The van der Waals surface area contributed by atoms with Gasteiger partial charge in [-0.1, -0.05) is 24.3 Å². The minimum atomic E-state index is 0.00409. The van der Waals surface area contributed by atoms with Crippen molar-refractivity contribution in [2.45, 2.75) is 25.3 Å². The lowest BCUT2D eigenvalue weighted by Gasteiger charge is -2.29. The number of rotatable bonds is 4. The largest absolute Gasteiger partial charge is 0.378 e. The van der Waals surface area contributed by atoms with Gasteiger partial charge in [0.15, 0.2) is 0 Å². The van der Waals surface area contributed by atoms with Crippen LogP contribution in [0.1, 0.15) is 38.4 Å². The highest BCUT2D eigenvalue weighted by Gasteiger charge is 2.29. The van der Waals surface area contributed by atoms with Crippen LogP contribution in [0.2, 0.25) is 0 Å². The summed E-state index contributed by atoms with van der Waals surface area (Å²) in [6.45, 7) is 3.66. The summed E-state index contributed by atoms with van der Waals surface area (Å²) in [6.07, 6.45) is 2.86. The van der Waals surface area contributed by atoms with Crippen LogP contribution in [-0.4, -0.2) is 50.7 Å². The normalized spacial score (nSPS) is 17.5. The number of nitrogens with zero attached hydrogens (tertiary/aromatic N) is 2. The first-order chi connectivity index (χ1) is 16.7. The second-order valence-electron chi connectivity index (χ2n) is 9.09. The quantitative estimate of drug-likeness (QED) is 0.612. The number of para-hydroxylation sites is 1. The number of thiophene rings is 1. The predicted octanol–water partition coefficient (Wildman–Crippen LogP) is 4.35. The number of morpholine rings is 1. The molecule has 6 rings (SSSR count). The van der Waals surface area contributed by atoms with Gasteiger partial charge in [-0.05, 0) is 55.2 Å². The summed E-state index contributed by atoms with van der Waals surface area (Å²) in [7, 11) is 0. The number of benzene rings is 2. The second kappa shape index (κ2) is 8.89. The molecule has 34 heavy (non-hydrogen) atoms. The van der Waals surface area contributed by atoms with Gasteiger partial charge >= 0.3 is 0 Å². The molecule has 3 aliphatic rings. The molecule has 0 spiro atoms. The van der Waals surface area contributed by atoms with Crippen LogP contribution in [-0.2, 0) is 11.2 Å². The molecule has 3 heterocycles. The summed E-state index contributed by atoms with van der Waals surface area (Å²) in [6, 6.07) is 18.3. The third-order valence-corrected chi connectivity index (χ3v) is 7.91. The lowest BCUT2D eigenvalue weighted by Crippen LogP contribution is -2.36. The molecule has 1 saturated heterocycles. The van der Waals surface area contributed by atoms with E-state index in [2.05, 4.69) is 22.3 Å². The van der Waals surface area contributed by atoms with Crippen molar-refractivity contribution >= 4 is 34.5 Å². The molecule has 0 atom stereocenters. The number of fused-ring (bicyclic) bond motifs is 3. The zero-order valence-electron chi connectivity index (χ0n) is 19.0. The average molecular weight is 474 g/mol. The fourth-order valence-electron chi connectivity index (χ4n) is 4.72. The fourth-order valence-corrected chi connectivity index (χ4v) is 5.86. The van der Waals surface area contributed by atoms with Gasteiger partial charge in [0.2, 0.25) is 0 Å². The van der Waals surface area contributed by atoms with Crippen LogP contribution in [0.15, 0.2) is 54.6 Å². The lowest BCUT2D eigenvalue weighted by molar-refractivity contribution is 0.0953. The number of nitrogens with one attached hydrogen (secondary N) is 1. The van der Waals surface area contributed by atoms with E-state index in [0.29, 0.717) is 37.8 Å². The van der Waals surface area contributed by atoms with Crippen LogP contribution < -0.4 is 15.1 Å². The first-order valence-electron chi connectivity index (χ1n) is 11.9. The van der Waals surface area contributed by atoms with Gasteiger partial charge in [-0.25, -0.2) is 0 Å². The van der Waals surface area contributed by atoms with Gasteiger partial charge in [0.25, 0.3) is 11.8 Å².